The summed E-state index contributed by atoms with van der Waals surface area (Å²) in [5, 5.41) is 10.6. The van der Waals surface area contributed by atoms with Gasteiger partial charge in [0.05, 0.1) is 31.5 Å². The summed E-state index contributed by atoms with van der Waals surface area (Å²) < 4.78 is 10.6. The molecule has 7 nitrogen and oxygen atoms in total. The number of benzene rings is 1. The van der Waals surface area contributed by atoms with Gasteiger partial charge in [0, 0.05) is 18.0 Å². The normalized spacial score (nSPS) is 16.4. The highest BCUT2D eigenvalue weighted by Gasteiger charge is 2.44. The molecule has 3 aromatic rings. The van der Waals surface area contributed by atoms with Crippen LogP contribution in [0, 0.1) is 0 Å². The molecule has 0 fully saturated rings. The van der Waals surface area contributed by atoms with Crippen molar-refractivity contribution < 1.29 is 23.8 Å². The van der Waals surface area contributed by atoms with Gasteiger partial charge in [0.15, 0.2) is 11.5 Å². The number of para-hydroxylation sites is 1. The Labute approximate surface area is 166 Å². The summed E-state index contributed by atoms with van der Waals surface area (Å²) in [6, 6.07) is 13.0. The minimum absolute atomic E-state index is 0.0222. The van der Waals surface area contributed by atoms with Crippen LogP contribution in [0.15, 0.2) is 82.9 Å². The number of aromatic nitrogens is 1. The molecule has 1 N–H and O–H groups in total. The summed E-state index contributed by atoms with van der Waals surface area (Å²) in [5.41, 5.74) is 1.38. The maximum absolute atomic E-state index is 13.0. The van der Waals surface area contributed by atoms with Crippen molar-refractivity contribution in [3.63, 3.8) is 0 Å². The fourth-order valence-electron chi connectivity index (χ4n) is 3.50. The molecule has 146 valence electrons. The molecule has 0 radical (unpaired) electrons. The summed E-state index contributed by atoms with van der Waals surface area (Å²) in [7, 11) is 1.55. The van der Waals surface area contributed by atoms with Gasteiger partial charge in [-0.15, -0.1) is 0 Å². The fraction of sp³-hybridized carbons (Fsp3) is 0.136. The van der Waals surface area contributed by atoms with Crippen LogP contribution in [0.2, 0.25) is 0 Å². The van der Waals surface area contributed by atoms with Crippen molar-refractivity contribution in [3.05, 3.63) is 95.4 Å². The monoisotopic (exact) mass is 390 g/mol. The predicted molar refractivity (Wildman–Crippen MR) is 103 cm³/mol. The summed E-state index contributed by atoms with van der Waals surface area (Å²) in [6.45, 7) is 0.148. The van der Waals surface area contributed by atoms with Gasteiger partial charge in [0.25, 0.3) is 5.91 Å². The molecule has 29 heavy (non-hydrogen) atoms. The fourth-order valence-corrected chi connectivity index (χ4v) is 3.50. The quantitative estimate of drug-likeness (QED) is 0.648. The number of carbonyl (C=O) groups excluding carboxylic acids is 2. The molecule has 0 saturated carbocycles. The molecule has 0 spiro atoms. The molecule has 1 atom stereocenters. The summed E-state index contributed by atoms with van der Waals surface area (Å²) >= 11 is 0. The van der Waals surface area contributed by atoms with Crippen molar-refractivity contribution in [3.8, 4) is 5.75 Å². The Morgan fingerprint density at radius 3 is 2.62 bits per heavy atom. The van der Waals surface area contributed by atoms with Crippen molar-refractivity contribution in [2.24, 2.45) is 0 Å². The van der Waals surface area contributed by atoms with Crippen LogP contribution in [0.4, 0.5) is 0 Å². The highest BCUT2D eigenvalue weighted by Crippen LogP contribution is 2.40. The number of furan rings is 1. The zero-order valence-corrected chi connectivity index (χ0v) is 15.6. The Morgan fingerprint density at radius 2 is 1.93 bits per heavy atom. The largest absolute Gasteiger partial charge is 0.503 e. The van der Waals surface area contributed by atoms with Crippen LogP contribution in [0.5, 0.6) is 5.75 Å². The minimum Gasteiger partial charge on any atom is -0.503 e. The number of rotatable bonds is 6. The SMILES string of the molecule is COc1ccccc1CN1C(=O)C(O)=C(C(=O)c2ccco2)C1c1ccncc1. The van der Waals surface area contributed by atoms with Gasteiger partial charge in [-0.05, 0) is 35.9 Å². The summed E-state index contributed by atoms with van der Waals surface area (Å²) in [4.78, 5) is 31.4. The van der Waals surface area contributed by atoms with Gasteiger partial charge in [-0.2, -0.15) is 0 Å². The third kappa shape index (κ3) is 3.27. The molecule has 7 heteroatoms. The van der Waals surface area contributed by atoms with Crippen LogP contribution < -0.4 is 4.74 Å². The van der Waals surface area contributed by atoms with Crippen molar-refractivity contribution in [1.82, 2.24) is 9.88 Å². The van der Waals surface area contributed by atoms with Crippen molar-refractivity contribution >= 4 is 11.7 Å². The Morgan fingerprint density at radius 1 is 1.17 bits per heavy atom. The van der Waals surface area contributed by atoms with Crippen LogP contribution in [0.1, 0.15) is 27.7 Å². The van der Waals surface area contributed by atoms with Crippen LogP contribution >= 0.6 is 0 Å². The Balaban J connectivity index is 1.79. The first-order chi connectivity index (χ1) is 14.1. The summed E-state index contributed by atoms with van der Waals surface area (Å²) in [5.74, 6) is -1.09. The van der Waals surface area contributed by atoms with Crippen molar-refractivity contribution in [1.29, 1.82) is 0 Å². The zero-order chi connectivity index (χ0) is 20.4. The molecule has 0 saturated heterocycles. The molecular weight excluding hydrogens is 372 g/mol. The van der Waals surface area contributed by atoms with E-state index >= 15 is 0 Å². The molecule has 0 aliphatic carbocycles. The van der Waals surface area contributed by atoms with E-state index in [1.807, 2.05) is 18.2 Å². The predicted octanol–water partition coefficient (Wildman–Crippen LogP) is 3.46. The maximum Gasteiger partial charge on any atom is 0.290 e. The van der Waals surface area contributed by atoms with Crippen LogP contribution in [0.3, 0.4) is 0 Å². The van der Waals surface area contributed by atoms with Gasteiger partial charge in [0.2, 0.25) is 5.78 Å². The highest BCUT2D eigenvalue weighted by atomic mass is 16.5. The van der Waals surface area contributed by atoms with Gasteiger partial charge in [-0.25, -0.2) is 0 Å². The van der Waals surface area contributed by atoms with Crippen molar-refractivity contribution in [2.75, 3.05) is 7.11 Å². The summed E-state index contributed by atoms with van der Waals surface area (Å²) in [6.07, 6.45) is 4.52. The second-order valence-corrected chi connectivity index (χ2v) is 6.50. The van der Waals surface area contributed by atoms with Gasteiger partial charge in [0.1, 0.15) is 5.75 Å². The van der Waals surface area contributed by atoms with E-state index < -0.39 is 23.5 Å². The Bertz CT molecular complexity index is 1070. The molecule has 0 bridgehead atoms. The zero-order valence-electron chi connectivity index (χ0n) is 15.6. The molecule has 1 aliphatic heterocycles. The van der Waals surface area contributed by atoms with E-state index in [2.05, 4.69) is 4.98 Å². The molecule has 1 amide bonds. The van der Waals surface area contributed by atoms with Gasteiger partial charge in [-0.3, -0.25) is 14.6 Å². The second-order valence-electron chi connectivity index (χ2n) is 6.50. The lowest BCUT2D eigenvalue weighted by molar-refractivity contribution is -0.130. The molecule has 1 aromatic carbocycles. The second kappa shape index (κ2) is 7.63. The number of methoxy groups -OCH3 is 1. The number of carbonyl (C=O) groups is 2. The van der Waals surface area contributed by atoms with E-state index in [0.29, 0.717) is 11.3 Å². The average molecular weight is 390 g/mol. The van der Waals surface area contributed by atoms with Gasteiger partial charge >= 0.3 is 0 Å². The molecule has 4 rings (SSSR count). The first-order valence-corrected chi connectivity index (χ1v) is 8.96. The number of ketones is 1. The van der Waals surface area contributed by atoms with E-state index in [0.717, 1.165) is 5.56 Å². The van der Waals surface area contributed by atoms with E-state index in [9.17, 15) is 14.7 Å². The topological polar surface area (TPSA) is 92.9 Å². The number of amides is 1. The third-order valence-corrected chi connectivity index (χ3v) is 4.85. The van der Waals surface area contributed by atoms with Crippen LogP contribution in [0.25, 0.3) is 0 Å². The van der Waals surface area contributed by atoms with E-state index in [4.69, 9.17) is 9.15 Å². The highest BCUT2D eigenvalue weighted by molar-refractivity contribution is 6.14. The number of nitrogens with zero attached hydrogens (tertiary/aromatic N) is 2. The lowest BCUT2D eigenvalue weighted by Crippen LogP contribution is -2.30. The number of hydrogen-bond acceptors (Lipinski definition) is 6. The van der Waals surface area contributed by atoms with E-state index in [1.165, 1.54) is 17.2 Å². The van der Waals surface area contributed by atoms with Crippen LogP contribution in [-0.4, -0.2) is 33.8 Å². The third-order valence-electron chi connectivity index (χ3n) is 4.85. The van der Waals surface area contributed by atoms with Gasteiger partial charge < -0.3 is 19.2 Å². The number of aliphatic hydroxyl groups excluding tert-OH is 1. The van der Waals surface area contributed by atoms with E-state index in [1.54, 1.807) is 43.8 Å². The Hall–Kier alpha value is -3.87. The average Bonchev–Trinajstić information content (AvgIpc) is 3.38. The maximum atomic E-state index is 13.0. The molecule has 1 unspecified atom stereocenters. The molecule has 1 aliphatic rings. The smallest absolute Gasteiger partial charge is 0.290 e. The first kappa shape index (κ1) is 18.5. The lowest BCUT2D eigenvalue weighted by Gasteiger charge is -2.27. The number of aliphatic hydroxyl groups is 1. The van der Waals surface area contributed by atoms with Crippen molar-refractivity contribution in [2.45, 2.75) is 12.6 Å². The van der Waals surface area contributed by atoms with Gasteiger partial charge in [-0.1, -0.05) is 18.2 Å². The number of ether oxygens (including phenoxy) is 1. The Kier molecular flexibility index (Phi) is 4.87. The molecule has 3 heterocycles. The van der Waals surface area contributed by atoms with Crippen LogP contribution in [-0.2, 0) is 11.3 Å². The minimum atomic E-state index is -0.784. The number of Topliss-reactive ketones (excluding diaryl/α,β-unsaturated/α-hetero) is 1. The van der Waals surface area contributed by atoms with E-state index in [-0.39, 0.29) is 17.9 Å². The number of pyridine rings is 1. The standard InChI is InChI=1S/C22H18N2O5/c1-28-16-6-3-2-5-15(16)13-24-19(14-8-10-23-11-9-14)18(21(26)22(24)27)20(25)17-7-4-12-29-17/h2-12,19,26H,13H2,1H3. The number of hydrogen-bond donors (Lipinski definition) is 1. The lowest BCUT2D eigenvalue weighted by atomic mass is 9.95. The molecular formula is C22H18N2O5. The molecule has 2 aromatic heterocycles. The first-order valence-electron chi connectivity index (χ1n) is 8.96.